The summed E-state index contributed by atoms with van der Waals surface area (Å²) >= 11 is 0. The minimum Gasteiger partial charge on any atom is -0.618 e. The van der Waals surface area contributed by atoms with Gasteiger partial charge >= 0.3 is 5.91 Å². The van der Waals surface area contributed by atoms with Gasteiger partial charge in [-0.25, -0.2) is 0 Å². The van der Waals surface area contributed by atoms with E-state index in [2.05, 4.69) is 24.3 Å². The summed E-state index contributed by atoms with van der Waals surface area (Å²) in [6.45, 7) is 1.09. The van der Waals surface area contributed by atoms with Crippen LogP contribution < -0.4 is 4.73 Å². The van der Waals surface area contributed by atoms with Crippen molar-refractivity contribution in [3.05, 3.63) is 107 Å². The third-order valence-electron chi connectivity index (χ3n) is 4.73. The molecule has 4 heteroatoms. The predicted octanol–water partition coefficient (Wildman–Crippen LogP) is 3.11. The largest absolute Gasteiger partial charge is 0.618 e. The molecule has 0 N–H and O–H groups in total. The lowest BCUT2D eigenvalue weighted by Crippen LogP contribution is -2.44. The minimum atomic E-state index is -0.231. The smallest absolute Gasteiger partial charge is 0.320 e. The van der Waals surface area contributed by atoms with Crippen LogP contribution in [0.1, 0.15) is 33.1 Å². The molecule has 0 saturated heterocycles. The molecular formula is C21H18N2O2. The number of aromatic nitrogens is 1. The molecule has 1 amide bonds. The average molecular weight is 330 g/mol. The summed E-state index contributed by atoms with van der Waals surface area (Å²) in [5, 5.41) is 12.0. The van der Waals surface area contributed by atoms with Crippen molar-refractivity contribution in [3.63, 3.8) is 0 Å². The van der Waals surface area contributed by atoms with E-state index in [4.69, 9.17) is 0 Å². The molecular weight excluding hydrogens is 312 g/mol. The maximum absolute atomic E-state index is 12.9. The van der Waals surface area contributed by atoms with Crippen LogP contribution in [0.2, 0.25) is 0 Å². The predicted molar refractivity (Wildman–Crippen MR) is 94.9 cm³/mol. The first-order valence-electron chi connectivity index (χ1n) is 8.34. The zero-order valence-electron chi connectivity index (χ0n) is 13.7. The molecule has 1 atom stereocenters. The number of nitrogens with zero attached hydrogens (tertiary/aromatic N) is 2. The normalized spacial score (nSPS) is 16.3. The van der Waals surface area contributed by atoms with E-state index in [1.54, 1.807) is 23.1 Å². The molecule has 0 saturated carbocycles. The molecule has 0 spiro atoms. The van der Waals surface area contributed by atoms with Crippen molar-refractivity contribution >= 4 is 5.91 Å². The number of pyridine rings is 1. The second-order valence-electron chi connectivity index (χ2n) is 6.26. The number of fused-ring (bicyclic) bond motifs is 1. The molecule has 0 radical (unpaired) electrons. The van der Waals surface area contributed by atoms with Crippen molar-refractivity contribution < 1.29 is 9.52 Å². The fourth-order valence-corrected chi connectivity index (χ4v) is 3.49. The molecule has 1 aliphatic heterocycles. The van der Waals surface area contributed by atoms with Crippen LogP contribution in [0.4, 0.5) is 0 Å². The van der Waals surface area contributed by atoms with E-state index < -0.39 is 0 Å². The van der Waals surface area contributed by atoms with Crippen LogP contribution in [0.15, 0.2) is 79.0 Å². The minimum absolute atomic E-state index is 0.110. The van der Waals surface area contributed by atoms with Gasteiger partial charge in [0.2, 0.25) is 0 Å². The Kier molecular flexibility index (Phi) is 3.94. The molecule has 0 bridgehead atoms. The number of hydrogen-bond acceptors (Lipinski definition) is 2. The molecule has 4 rings (SSSR count). The van der Waals surface area contributed by atoms with Gasteiger partial charge in [-0.15, -0.1) is 0 Å². The Morgan fingerprint density at radius 1 is 0.960 bits per heavy atom. The number of carbonyl (C=O) groups excluding carboxylic acids is 1. The maximum Gasteiger partial charge on any atom is 0.320 e. The van der Waals surface area contributed by atoms with Crippen molar-refractivity contribution in [1.29, 1.82) is 0 Å². The zero-order valence-corrected chi connectivity index (χ0v) is 13.7. The first-order valence-corrected chi connectivity index (χ1v) is 8.34. The van der Waals surface area contributed by atoms with Gasteiger partial charge in [-0.1, -0.05) is 54.6 Å². The van der Waals surface area contributed by atoms with Crippen LogP contribution in [0, 0.1) is 5.21 Å². The van der Waals surface area contributed by atoms with Crippen LogP contribution in [0.3, 0.4) is 0 Å². The average Bonchev–Trinajstić information content (AvgIpc) is 2.67. The Hall–Kier alpha value is -3.14. The second kappa shape index (κ2) is 6.40. The molecule has 3 aromatic rings. The SMILES string of the molecule is O=C(c1cccc[n+]1[O-])N1Cc2ccccc2[C@H](c2ccccc2)C1. The number of hydrogen-bond donors (Lipinski definition) is 0. The molecule has 0 aliphatic carbocycles. The zero-order chi connectivity index (χ0) is 17.2. The number of rotatable bonds is 2. The van der Waals surface area contributed by atoms with Crippen LogP contribution in [0.5, 0.6) is 0 Å². The van der Waals surface area contributed by atoms with Gasteiger partial charge in [0.05, 0.1) is 0 Å². The highest BCUT2D eigenvalue weighted by atomic mass is 16.5. The lowest BCUT2D eigenvalue weighted by molar-refractivity contribution is -0.608. The highest BCUT2D eigenvalue weighted by Gasteiger charge is 2.32. The second-order valence-corrected chi connectivity index (χ2v) is 6.26. The monoisotopic (exact) mass is 330 g/mol. The van der Waals surface area contributed by atoms with Gasteiger partial charge in [0.25, 0.3) is 5.69 Å². The summed E-state index contributed by atoms with van der Waals surface area (Å²) in [6.07, 6.45) is 1.36. The Labute approximate surface area is 146 Å². The van der Waals surface area contributed by atoms with Crippen molar-refractivity contribution in [2.45, 2.75) is 12.5 Å². The summed E-state index contributed by atoms with van der Waals surface area (Å²) in [6, 6.07) is 23.3. The van der Waals surface area contributed by atoms with E-state index >= 15 is 0 Å². The summed E-state index contributed by atoms with van der Waals surface area (Å²) in [7, 11) is 0. The molecule has 1 aliphatic rings. The number of carbonyl (C=O) groups is 1. The van der Waals surface area contributed by atoms with Gasteiger partial charge < -0.3 is 10.1 Å². The first kappa shape index (κ1) is 15.4. The van der Waals surface area contributed by atoms with Gasteiger partial charge in [-0.2, -0.15) is 4.73 Å². The molecule has 0 unspecified atom stereocenters. The summed E-state index contributed by atoms with van der Waals surface area (Å²) in [4.78, 5) is 14.7. The molecule has 124 valence electrons. The third-order valence-corrected chi connectivity index (χ3v) is 4.73. The van der Waals surface area contributed by atoms with E-state index in [-0.39, 0.29) is 17.5 Å². The Balaban J connectivity index is 1.73. The van der Waals surface area contributed by atoms with Crippen LogP contribution >= 0.6 is 0 Å². The maximum atomic E-state index is 12.9. The van der Waals surface area contributed by atoms with Crippen LogP contribution in [0.25, 0.3) is 0 Å². The summed E-state index contributed by atoms with van der Waals surface area (Å²) in [5.41, 5.74) is 3.72. The molecule has 25 heavy (non-hydrogen) atoms. The molecule has 1 aromatic heterocycles. The van der Waals surface area contributed by atoms with Crippen LogP contribution in [-0.2, 0) is 6.54 Å². The number of amides is 1. The van der Waals surface area contributed by atoms with E-state index in [0.29, 0.717) is 17.8 Å². The van der Waals surface area contributed by atoms with Crippen molar-refractivity contribution in [2.75, 3.05) is 6.54 Å². The summed E-state index contributed by atoms with van der Waals surface area (Å²) < 4.78 is 0.639. The molecule has 4 nitrogen and oxygen atoms in total. The van der Waals surface area contributed by atoms with Crippen molar-refractivity contribution in [2.24, 2.45) is 0 Å². The fourth-order valence-electron chi connectivity index (χ4n) is 3.49. The number of benzene rings is 2. The van der Waals surface area contributed by atoms with E-state index in [1.165, 1.54) is 17.3 Å². The van der Waals surface area contributed by atoms with E-state index in [1.807, 2.05) is 30.3 Å². The first-order chi connectivity index (χ1) is 12.2. The lowest BCUT2D eigenvalue weighted by Gasteiger charge is -2.34. The molecule has 0 fully saturated rings. The third kappa shape index (κ3) is 2.87. The molecule has 2 aromatic carbocycles. The van der Waals surface area contributed by atoms with Crippen LogP contribution in [-0.4, -0.2) is 17.4 Å². The van der Waals surface area contributed by atoms with Crippen molar-refractivity contribution in [1.82, 2.24) is 4.90 Å². The van der Waals surface area contributed by atoms with Gasteiger partial charge in [-0.05, 0) is 22.8 Å². The Morgan fingerprint density at radius 2 is 1.68 bits per heavy atom. The quantitative estimate of drug-likeness (QED) is 0.535. The van der Waals surface area contributed by atoms with Gasteiger partial charge in [-0.3, -0.25) is 4.79 Å². The lowest BCUT2D eigenvalue weighted by atomic mass is 9.84. The van der Waals surface area contributed by atoms with E-state index in [0.717, 1.165) is 5.56 Å². The topological polar surface area (TPSA) is 47.2 Å². The Morgan fingerprint density at radius 3 is 2.48 bits per heavy atom. The standard InChI is InChI=1S/C21H18N2O2/c24-21(20-12-6-7-13-23(20)25)22-14-17-10-4-5-11-18(17)19(15-22)16-8-2-1-3-9-16/h1-13,19H,14-15H2/t19-/m0/s1. The van der Waals surface area contributed by atoms with E-state index in [9.17, 15) is 10.0 Å². The highest BCUT2D eigenvalue weighted by molar-refractivity contribution is 5.91. The van der Waals surface area contributed by atoms with Gasteiger partial charge in [0, 0.05) is 31.1 Å². The summed E-state index contributed by atoms with van der Waals surface area (Å²) in [5.74, 6) is -0.120. The fraction of sp³-hybridized carbons (Fsp3) is 0.143. The van der Waals surface area contributed by atoms with Gasteiger partial charge in [0.1, 0.15) is 0 Å². The molecule has 2 heterocycles. The van der Waals surface area contributed by atoms with Crippen molar-refractivity contribution in [3.8, 4) is 0 Å². The van der Waals surface area contributed by atoms with Gasteiger partial charge in [0.15, 0.2) is 6.20 Å². The highest BCUT2D eigenvalue weighted by Crippen LogP contribution is 2.33. The Bertz CT molecular complexity index is 909.